The van der Waals surface area contributed by atoms with E-state index in [2.05, 4.69) is 11.3 Å². The van der Waals surface area contributed by atoms with Crippen molar-refractivity contribution in [2.75, 3.05) is 0 Å². The zero-order chi connectivity index (χ0) is 12.2. The van der Waals surface area contributed by atoms with Gasteiger partial charge in [-0.25, -0.2) is 0 Å². The van der Waals surface area contributed by atoms with E-state index >= 15 is 0 Å². The minimum Gasteiger partial charge on any atom is -0.405 e. The molecular weight excluding hydrogens is 219 g/mol. The third-order valence-electron chi connectivity index (χ3n) is 1.96. The standard InChI is InChI=1S/C11H12F3NO/c1-2-5-9(15)8-6-3-4-7-10(8)16-11(12,13)14/h2-4,6-7,9H,1,5,15H2/t9-/m0/s1. The van der Waals surface area contributed by atoms with E-state index in [1.54, 1.807) is 12.1 Å². The summed E-state index contributed by atoms with van der Waals surface area (Å²) in [7, 11) is 0. The molecular formula is C11H12F3NO. The van der Waals surface area contributed by atoms with E-state index in [4.69, 9.17) is 5.73 Å². The molecule has 2 N–H and O–H groups in total. The molecule has 0 saturated carbocycles. The van der Waals surface area contributed by atoms with Gasteiger partial charge in [-0.2, -0.15) is 0 Å². The number of hydrogen-bond donors (Lipinski definition) is 1. The highest BCUT2D eigenvalue weighted by atomic mass is 19.4. The first-order chi connectivity index (χ1) is 7.44. The summed E-state index contributed by atoms with van der Waals surface area (Å²) in [4.78, 5) is 0. The number of rotatable bonds is 4. The topological polar surface area (TPSA) is 35.2 Å². The number of hydrogen-bond acceptors (Lipinski definition) is 2. The van der Waals surface area contributed by atoms with Gasteiger partial charge >= 0.3 is 6.36 Å². The Morgan fingerprint density at radius 2 is 2.00 bits per heavy atom. The Labute approximate surface area is 91.5 Å². The van der Waals surface area contributed by atoms with Crippen LogP contribution in [-0.2, 0) is 0 Å². The van der Waals surface area contributed by atoms with E-state index in [1.807, 2.05) is 0 Å². The summed E-state index contributed by atoms with van der Waals surface area (Å²) in [5.74, 6) is -0.260. The molecule has 5 heteroatoms. The largest absolute Gasteiger partial charge is 0.573 e. The number of alkyl halides is 3. The predicted octanol–water partition coefficient (Wildman–Crippen LogP) is 3.16. The molecule has 0 aliphatic heterocycles. The van der Waals surface area contributed by atoms with Gasteiger partial charge in [-0.1, -0.05) is 24.3 Å². The molecule has 0 amide bonds. The van der Waals surface area contributed by atoms with Crippen LogP contribution in [0.15, 0.2) is 36.9 Å². The molecule has 88 valence electrons. The van der Waals surface area contributed by atoms with E-state index in [-0.39, 0.29) is 5.75 Å². The normalized spacial score (nSPS) is 13.2. The Morgan fingerprint density at radius 1 is 1.38 bits per heavy atom. The Morgan fingerprint density at radius 3 is 2.56 bits per heavy atom. The second-order valence-corrected chi connectivity index (χ2v) is 3.22. The highest BCUT2D eigenvalue weighted by molar-refractivity contribution is 5.36. The zero-order valence-corrected chi connectivity index (χ0v) is 8.50. The first kappa shape index (κ1) is 12.6. The number of benzene rings is 1. The summed E-state index contributed by atoms with van der Waals surface area (Å²) < 4.78 is 40.1. The van der Waals surface area contributed by atoms with Crippen molar-refractivity contribution in [3.05, 3.63) is 42.5 Å². The van der Waals surface area contributed by atoms with Crippen LogP contribution in [0.2, 0.25) is 0 Å². The maximum Gasteiger partial charge on any atom is 0.573 e. The van der Waals surface area contributed by atoms with Crippen LogP contribution in [0.25, 0.3) is 0 Å². The van der Waals surface area contributed by atoms with Crippen molar-refractivity contribution in [3.8, 4) is 5.75 Å². The van der Waals surface area contributed by atoms with Gasteiger partial charge < -0.3 is 10.5 Å². The van der Waals surface area contributed by atoms with Gasteiger partial charge in [-0.15, -0.1) is 19.8 Å². The number of para-hydroxylation sites is 1. The summed E-state index contributed by atoms with van der Waals surface area (Å²) in [5.41, 5.74) is 6.03. The molecule has 1 aromatic rings. The van der Waals surface area contributed by atoms with Crippen molar-refractivity contribution in [2.45, 2.75) is 18.8 Å². The molecule has 0 fully saturated rings. The highest BCUT2D eigenvalue weighted by Gasteiger charge is 2.32. The van der Waals surface area contributed by atoms with Crippen LogP contribution in [0.3, 0.4) is 0 Å². The maximum atomic E-state index is 12.1. The SMILES string of the molecule is C=CC[C@H](N)c1ccccc1OC(F)(F)F. The van der Waals surface area contributed by atoms with Crippen molar-refractivity contribution >= 4 is 0 Å². The third-order valence-corrected chi connectivity index (χ3v) is 1.96. The molecule has 0 heterocycles. The molecule has 0 aromatic heterocycles. The van der Waals surface area contributed by atoms with Gasteiger partial charge in [0, 0.05) is 11.6 Å². The molecule has 1 aromatic carbocycles. The maximum absolute atomic E-state index is 12.1. The van der Waals surface area contributed by atoms with Gasteiger partial charge in [-0.3, -0.25) is 0 Å². The lowest BCUT2D eigenvalue weighted by molar-refractivity contribution is -0.275. The first-order valence-electron chi connectivity index (χ1n) is 4.65. The van der Waals surface area contributed by atoms with Crippen LogP contribution in [0, 0.1) is 0 Å². The van der Waals surface area contributed by atoms with Gasteiger partial charge in [0.2, 0.25) is 0 Å². The molecule has 0 aliphatic carbocycles. The van der Waals surface area contributed by atoms with E-state index in [0.717, 1.165) is 0 Å². The second kappa shape index (κ2) is 5.03. The zero-order valence-electron chi connectivity index (χ0n) is 8.50. The van der Waals surface area contributed by atoms with Crippen molar-refractivity contribution in [1.82, 2.24) is 0 Å². The average Bonchev–Trinajstić information content (AvgIpc) is 2.16. The lowest BCUT2D eigenvalue weighted by Crippen LogP contribution is -2.20. The third kappa shape index (κ3) is 3.58. The van der Waals surface area contributed by atoms with E-state index < -0.39 is 12.4 Å². The van der Waals surface area contributed by atoms with Crippen molar-refractivity contribution in [3.63, 3.8) is 0 Å². The summed E-state index contributed by atoms with van der Waals surface area (Å²) in [6.45, 7) is 3.49. The molecule has 0 aliphatic rings. The Kier molecular flexibility index (Phi) is 3.95. The van der Waals surface area contributed by atoms with E-state index in [9.17, 15) is 13.2 Å². The molecule has 0 saturated heterocycles. The minimum atomic E-state index is -4.70. The fourth-order valence-electron chi connectivity index (χ4n) is 1.31. The van der Waals surface area contributed by atoms with Gasteiger partial charge in [0.25, 0.3) is 0 Å². The second-order valence-electron chi connectivity index (χ2n) is 3.22. The lowest BCUT2D eigenvalue weighted by atomic mass is 10.0. The number of halogens is 3. The Bertz CT molecular complexity index is 362. The number of ether oxygens (including phenoxy) is 1. The van der Waals surface area contributed by atoms with Crippen LogP contribution in [-0.4, -0.2) is 6.36 Å². The van der Waals surface area contributed by atoms with Crippen LogP contribution >= 0.6 is 0 Å². The van der Waals surface area contributed by atoms with Crippen molar-refractivity contribution < 1.29 is 17.9 Å². The number of nitrogens with two attached hydrogens (primary N) is 1. The first-order valence-corrected chi connectivity index (χ1v) is 4.65. The summed E-state index contributed by atoms with van der Waals surface area (Å²) >= 11 is 0. The van der Waals surface area contributed by atoms with Crippen molar-refractivity contribution in [1.29, 1.82) is 0 Å². The highest BCUT2D eigenvalue weighted by Crippen LogP contribution is 2.30. The minimum absolute atomic E-state index is 0.260. The monoisotopic (exact) mass is 231 g/mol. The summed E-state index contributed by atoms with van der Waals surface area (Å²) in [6, 6.07) is 5.28. The van der Waals surface area contributed by atoms with E-state index in [0.29, 0.717) is 12.0 Å². The van der Waals surface area contributed by atoms with Gasteiger partial charge in [-0.05, 0) is 12.5 Å². The van der Waals surface area contributed by atoms with Crippen LogP contribution in [0.4, 0.5) is 13.2 Å². The predicted molar refractivity (Wildman–Crippen MR) is 54.9 cm³/mol. The van der Waals surface area contributed by atoms with Gasteiger partial charge in [0.05, 0.1) is 0 Å². The molecule has 2 nitrogen and oxygen atoms in total. The molecule has 1 atom stereocenters. The fraction of sp³-hybridized carbons (Fsp3) is 0.273. The van der Waals surface area contributed by atoms with Crippen LogP contribution < -0.4 is 10.5 Å². The Hall–Kier alpha value is -1.49. The molecule has 0 radical (unpaired) electrons. The van der Waals surface area contributed by atoms with Gasteiger partial charge in [0.1, 0.15) is 5.75 Å². The quantitative estimate of drug-likeness (QED) is 0.808. The molecule has 1 rings (SSSR count). The van der Waals surface area contributed by atoms with Crippen LogP contribution in [0.5, 0.6) is 5.75 Å². The smallest absolute Gasteiger partial charge is 0.405 e. The van der Waals surface area contributed by atoms with Crippen molar-refractivity contribution in [2.24, 2.45) is 5.73 Å². The van der Waals surface area contributed by atoms with Gasteiger partial charge in [0.15, 0.2) is 0 Å². The Balaban J connectivity index is 2.95. The van der Waals surface area contributed by atoms with Crippen LogP contribution in [0.1, 0.15) is 18.0 Å². The molecule has 0 spiro atoms. The summed E-state index contributed by atoms with van der Waals surface area (Å²) in [5, 5.41) is 0. The van der Waals surface area contributed by atoms with E-state index in [1.165, 1.54) is 18.2 Å². The molecule has 0 bridgehead atoms. The molecule has 0 unspecified atom stereocenters. The molecule has 16 heavy (non-hydrogen) atoms. The lowest BCUT2D eigenvalue weighted by Gasteiger charge is -2.16. The fourth-order valence-corrected chi connectivity index (χ4v) is 1.31. The average molecular weight is 231 g/mol. The summed E-state index contributed by atoms with van der Waals surface area (Å²) in [6.07, 6.45) is -2.77.